The summed E-state index contributed by atoms with van der Waals surface area (Å²) in [5.41, 5.74) is 7.98. The molecule has 5 nitrogen and oxygen atoms in total. The molecule has 1 heterocycles. The number of nitrogens with zero attached hydrogens (tertiary/aromatic N) is 2. The van der Waals surface area contributed by atoms with Crippen molar-refractivity contribution in [3.8, 4) is 0 Å². The Balaban J connectivity index is 1.95. The quantitative estimate of drug-likeness (QED) is 0.596. The number of fused-ring (bicyclic) bond motifs is 1. The Morgan fingerprint density at radius 1 is 1.32 bits per heavy atom. The number of anilines is 1. The third-order valence-electron chi connectivity index (χ3n) is 2.84. The summed E-state index contributed by atoms with van der Waals surface area (Å²) in [4.78, 5) is 4.38. The molecule has 0 aliphatic heterocycles. The zero-order chi connectivity index (χ0) is 13.7. The summed E-state index contributed by atoms with van der Waals surface area (Å²) in [5.74, 6) is 0.564. The van der Waals surface area contributed by atoms with Gasteiger partial charge in [-0.25, -0.2) is 4.98 Å². The van der Waals surface area contributed by atoms with Crippen LogP contribution in [0.3, 0.4) is 0 Å². The van der Waals surface area contributed by atoms with Crippen molar-refractivity contribution in [3.05, 3.63) is 21.8 Å². The highest BCUT2D eigenvalue weighted by Crippen LogP contribution is 2.20. The van der Waals surface area contributed by atoms with E-state index in [-0.39, 0.29) is 0 Å². The smallest absolute Gasteiger partial charge is 0.201 e. The number of nitrogen functional groups attached to an aromatic ring is 1. The monoisotopic (exact) mass is 375 g/mol. The van der Waals surface area contributed by atoms with E-state index in [1.807, 2.05) is 10.6 Å². The molecular formula is C13H18IN3O2. The van der Waals surface area contributed by atoms with Gasteiger partial charge in [0.05, 0.1) is 24.2 Å². The third kappa shape index (κ3) is 3.80. The highest BCUT2D eigenvalue weighted by atomic mass is 127. The van der Waals surface area contributed by atoms with Crippen molar-refractivity contribution in [3.63, 3.8) is 0 Å². The fourth-order valence-electron chi connectivity index (χ4n) is 1.93. The average Bonchev–Trinajstić information content (AvgIpc) is 2.69. The number of ether oxygens (including phenoxy) is 2. The topological polar surface area (TPSA) is 62.3 Å². The van der Waals surface area contributed by atoms with Gasteiger partial charge in [-0.2, -0.15) is 0 Å². The number of hydrogen-bond donors (Lipinski definition) is 1. The number of halogens is 1. The molecule has 0 radical (unpaired) electrons. The van der Waals surface area contributed by atoms with Gasteiger partial charge in [0.25, 0.3) is 0 Å². The zero-order valence-corrected chi connectivity index (χ0v) is 13.1. The number of benzene rings is 1. The molecule has 0 unspecified atom stereocenters. The minimum atomic E-state index is 0.564. The molecule has 0 fully saturated rings. The lowest BCUT2D eigenvalue weighted by Gasteiger charge is -2.07. The molecule has 0 saturated heterocycles. The maximum absolute atomic E-state index is 5.95. The third-order valence-corrected chi connectivity index (χ3v) is 3.51. The van der Waals surface area contributed by atoms with Crippen LogP contribution in [0, 0.1) is 3.57 Å². The molecule has 0 saturated carbocycles. The number of methoxy groups -OCH3 is 1. The Hall–Kier alpha value is -0.860. The van der Waals surface area contributed by atoms with Crippen molar-refractivity contribution in [2.75, 3.05) is 32.7 Å². The first-order valence-electron chi connectivity index (χ1n) is 6.20. The maximum Gasteiger partial charge on any atom is 0.201 e. The molecule has 1 aromatic heterocycles. The summed E-state index contributed by atoms with van der Waals surface area (Å²) in [7, 11) is 1.67. The van der Waals surface area contributed by atoms with Crippen LogP contribution in [-0.2, 0) is 16.0 Å². The van der Waals surface area contributed by atoms with E-state index in [0.717, 1.165) is 27.6 Å². The molecule has 2 aromatic rings. The SMILES string of the molecule is COCCOCCCn1c(N)nc2cc(I)ccc21. The van der Waals surface area contributed by atoms with Gasteiger partial charge >= 0.3 is 0 Å². The molecule has 1 aromatic carbocycles. The van der Waals surface area contributed by atoms with Gasteiger partial charge in [0.2, 0.25) is 5.95 Å². The van der Waals surface area contributed by atoms with Crippen LogP contribution in [0.2, 0.25) is 0 Å². The van der Waals surface area contributed by atoms with E-state index in [4.69, 9.17) is 15.2 Å². The van der Waals surface area contributed by atoms with Crippen LogP contribution in [0.15, 0.2) is 18.2 Å². The fraction of sp³-hybridized carbons (Fsp3) is 0.462. The molecule has 2 rings (SSSR count). The van der Waals surface area contributed by atoms with Crippen LogP contribution >= 0.6 is 22.6 Å². The van der Waals surface area contributed by atoms with Crippen molar-refractivity contribution in [1.82, 2.24) is 9.55 Å². The summed E-state index contributed by atoms with van der Waals surface area (Å²) < 4.78 is 13.6. The molecule has 0 spiro atoms. The molecule has 2 N–H and O–H groups in total. The van der Waals surface area contributed by atoms with Crippen LogP contribution in [0.4, 0.5) is 5.95 Å². The Labute approximate surface area is 126 Å². The average molecular weight is 375 g/mol. The van der Waals surface area contributed by atoms with Crippen LogP contribution in [0.1, 0.15) is 6.42 Å². The number of hydrogen-bond acceptors (Lipinski definition) is 4. The number of nitrogens with two attached hydrogens (primary N) is 1. The fourth-order valence-corrected chi connectivity index (χ4v) is 2.40. The normalized spacial score (nSPS) is 11.3. The standard InChI is InChI=1S/C13H18IN3O2/c1-18-7-8-19-6-2-5-17-12-4-3-10(14)9-11(12)16-13(17)15/h3-4,9H,2,5-8H2,1H3,(H2,15,16). The van der Waals surface area contributed by atoms with E-state index < -0.39 is 0 Å². The lowest BCUT2D eigenvalue weighted by molar-refractivity contribution is 0.0682. The summed E-state index contributed by atoms with van der Waals surface area (Å²) in [6.07, 6.45) is 0.908. The van der Waals surface area contributed by atoms with Gasteiger partial charge in [-0.15, -0.1) is 0 Å². The lowest BCUT2D eigenvalue weighted by atomic mass is 10.3. The Morgan fingerprint density at radius 3 is 2.95 bits per heavy atom. The lowest BCUT2D eigenvalue weighted by Crippen LogP contribution is -2.08. The maximum atomic E-state index is 5.95. The molecule has 104 valence electrons. The van der Waals surface area contributed by atoms with E-state index in [0.29, 0.717) is 25.8 Å². The minimum absolute atomic E-state index is 0.564. The highest BCUT2D eigenvalue weighted by molar-refractivity contribution is 14.1. The second-order valence-corrected chi connectivity index (χ2v) is 5.46. The van der Waals surface area contributed by atoms with E-state index in [1.165, 1.54) is 0 Å². The van der Waals surface area contributed by atoms with Gasteiger partial charge < -0.3 is 19.8 Å². The number of rotatable bonds is 7. The predicted octanol–water partition coefficient (Wildman–Crippen LogP) is 2.28. The van der Waals surface area contributed by atoms with Gasteiger partial charge in [-0.3, -0.25) is 0 Å². The Morgan fingerprint density at radius 2 is 2.16 bits per heavy atom. The van der Waals surface area contributed by atoms with Gasteiger partial charge in [0, 0.05) is 23.8 Å². The van der Waals surface area contributed by atoms with Gasteiger partial charge in [0.15, 0.2) is 0 Å². The minimum Gasteiger partial charge on any atom is -0.382 e. The highest BCUT2D eigenvalue weighted by Gasteiger charge is 2.07. The number of aromatic nitrogens is 2. The summed E-state index contributed by atoms with van der Waals surface area (Å²) in [6, 6.07) is 6.17. The first-order valence-corrected chi connectivity index (χ1v) is 7.28. The van der Waals surface area contributed by atoms with Crippen molar-refractivity contribution >= 4 is 39.6 Å². The zero-order valence-electron chi connectivity index (χ0n) is 10.9. The van der Waals surface area contributed by atoms with Gasteiger partial charge in [0.1, 0.15) is 0 Å². The molecule has 0 atom stereocenters. The molecule has 0 aliphatic rings. The second kappa shape index (κ2) is 7.06. The Kier molecular flexibility index (Phi) is 5.41. The van der Waals surface area contributed by atoms with E-state index >= 15 is 0 Å². The summed E-state index contributed by atoms with van der Waals surface area (Å²) in [6.45, 7) is 2.78. The number of imidazole rings is 1. The molecular weight excluding hydrogens is 357 g/mol. The van der Waals surface area contributed by atoms with Gasteiger partial charge in [-0.05, 0) is 47.2 Å². The first kappa shape index (κ1) is 14.5. The molecule has 0 aliphatic carbocycles. The molecule has 6 heteroatoms. The van der Waals surface area contributed by atoms with Crippen molar-refractivity contribution in [1.29, 1.82) is 0 Å². The van der Waals surface area contributed by atoms with Crippen LogP contribution < -0.4 is 5.73 Å². The molecule has 0 bridgehead atoms. The molecule has 0 amide bonds. The van der Waals surface area contributed by atoms with E-state index in [1.54, 1.807) is 7.11 Å². The van der Waals surface area contributed by atoms with Crippen molar-refractivity contribution in [2.24, 2.45) is 0 Å². The first-order chi connectivity index (χ1) is 9.22. The largest absolute Gasteiger partial charge is 0.382 e. The van der Waals surface area contributed by atoms with Gasteiger partial charge in [-0.1, -0.05) is 0 Å². The predicted molar refractivity (Wildman–Crippen MR) is 84.2 cm³/mol. The van der Waals surface area contributed by atoms with Crippen molar-refractivity contribution < 1.29 is 9.47 Å². The van der Waals surface area contributed by atoms with Crippen molar-refractivity contribution in [2.45, 2.75) is 13.0 Å². The summed E-state index contributed by atoms with van der Waals surface area (Å²) >= 11 is 2.27. The van der Waals surface area contributed by atoms with Crippen LogP contribution in [0.5, 0.6) is 0 Å². The van der Waals surface area contributed by atoms with E-state index in [2.05, 4.69) is 39.7 Å². The Bertz CT molecular complexity index is 542. The van der Waals surface area contributed by atoms with Crippen LogP contribution in [0.25, 0.3) is 11.0 Å². The molecule has 19 heavy (non-hydrogen) atoms. The summed E-state index contributed by atoms with van der Waals surface area (Å²) in [5, 5.41) is 0. The number of aryl methyl sites for hydroxylation is 1. The second-order valence-electron chi connectivity index (χ2n) is 4.21. The van der Waals surface area contributed by atoms with E-state index in [9.17, 15) is 0 Å². The van der Waals surface area contributed by atoms with Crippen LogP contribution in [-0.4, -0.2) is 36.5 Å².